The molecule has 52 valence electrons. The van der Waals surface area contributed by atoms with Gasteiger partial charge in [0.15, 0.2) is 0 Å². The van der Waals surface area contributed by atoms with Crippen molar-refractivity contribution in [2.24, 2.45) is 0 Å². The van der Waals surface area contributed by atoms with Crippen LogP contribution in [0.4, 0.5) is 0 Å². The molecule has 0 saturated heterocycles. The van der Waals surface area contributed by atoms with Gasteiger partial charge in [-0.05, 0) is 20.8 Å². The van der Waals surface area contributed by atoms with Crippen LogP contribution in [0.2, 0.25) is 0 Å². The van der Waals surface area contributed by atoms with Gasteiger partial charge in [0.2, 0.25) is 0 Å². The smallest absolute Gasteiger partial charge is 1.00 e. The molecule has 0 aromatic carbocycles. The summed E-state index contributed by atoms with van der Waals surface area (Å²) in [5, 5.41) is 7.90. The summed E-state index contributed by atoms with van der Waals surface area (Å²) in [7, 11) is 0. The van der Waals surface area contributed by atoms with E-state index in [0.29, 0.717) is 0 Å². The molecular weight excluding hydrogens is 131 g/mol. The van der Waals surface area contributed by atoms with Crippen LogP contribution in [0.15, 0.2) is 0 Å². The Bertz CT molecular complexity index is 55.3. The first-order chi connectivity index (χ1) is 3.56. The first kappa shape index (κ1) is 16.3. The molecule has 0 heterocycles. The zero-order chi connectivity index (χ0) is 7.21. The van der Waals surface area contributed by atoms with E-state index in [9.17, 15) is 0 Å². The van der Waals surface area contributed by atoms with E-state index in [1.165, 1.54) is 0 Å². The predicted octanol–water partition coefficient (Wildman–Crippen LogP) is -1.79. The van der Waals surface area contributed by atoms with Gasteiger partial charge in [-0.1, -0.05) is 0 Å². The predicted molar refractivity (Wildman–Crippen MR) is 31.7 cm³/mol. The summed E-state index contributed by atoms with van der Waals surface area (Å²) in [6.45, 7) is 7.31. The third-order valence-electron chi connectivity index (χ3n) is 0.274. The average Bonchev–Trinajstić information content (AvgIpc) is 1.71. The monoisotopic (exact) mass is 144 g/mol. The summed E-state index contributed by atoms with van der Waals surface area (Å²) >= 11 is 0. The van der Waals surface area contributed by atoms with Gasteiger partial charge < -0.3 is 6.22 Å². The van der Waals surface area contributed by atoms with Crippen molar-refractivity contribution in [1.29, 1.82) is 0 Å². The molecule has 3 nitrogen and oxygen atoms in total. The van der Waals surface area contributed by atoms with Crippen molar-refractivity contribution in [3.8, 4) is 0 Å². The molecular formula is C5H13NaO3. The summed E-state index contributed by atoms with van der Waals surface area (Å²) in [6.07, 6.45) is 0. The maximum atomic E-state index is 8.00. The second-order valence-corrected chi connectivity index (χ2v) is 2.20. The molecule has 0 bridgehead atoms. The summed E-state index contributed by atoms with van der Waals surface area (Å²) < 4.78 is 0. The minimum atomic E-state index is -0.403. The first-order valence-electron chi connectivity index (χ1n) is 2.18. The fourth-order valence-electron chi connectivity index (χ4n) is 0. The molecule has 0 atom stereocenters. The van der Waals surface area contributed by atoms with E-state index >= 15 is 0 Å². The van der Waals surface area contributed by atoms with Crippen LogP contribution in [0.5, 0.6) is 0 Å². The second kappa shape index (κ2) is 8.59. The Balaban J connectivity index is -0.0000000412. The third-order valence-corrected chi connectivity index (χ3v) is 0.274. The quantitative estimate of drug-likeness (QED) is 0.248. The van der Waals surface area contributed by atoms with Crippen molar-refractivity contribution >= 4 is 6.79 Å². The molecule has 1 N–H and O–H groups in total. The molecule has 0 aromatic heterocycles. The van der Waals surface area contributed by atoms with Crippen LogP contribution in [0.1, 0.15) is 22.2 Å². The molecule has 0 aliphatic rings. The van der Waals surface area contributed by atoms with E-state index in [2.05, 4.69) is 4.89 Å². The zero-order valence-electron chi connectivity index (χ0n) is 7.47. The molecule has 0 amide bonds. The molecule has 0 fully saturated rings. The Hall–Kier alpha value is 0.590. The van der Waals surface area contributed by atoms with Crippen molar-refractivity contribution in [2.45, 2.75) is 26.4 Å². The molecule has 0 radical (unpaired) electrons. The number of carbonyl (C=O) groups is 1. The van der Waals surface area contributed by atoms with Crippen molar-refractivity contribution in [3.63, 3.8) is 0 Å². The van der Waals surface area contributed by atoms with Gasteiger partial charge >= 0.3 is 29.6 Å². The van der Waals surface area contributed by atoms with Crippen molar-refractivity contribution in [1.82, 2.24) is 0 Å². The summed E-state index contributed by atoms with van der Waals surface area (Å²) in [5.74, 6) is 0. The van der Waals surface area contributed by atoms with Gasteiger partial charge in [0.1, 0.15) is 6.79 Å². The molecule has 9 heavy (non-hydrogen) atoms. The van der Waals surface area contributed by atoms with Gasteiger partial charge in [0.25, 0.3) is 0 Å². The van der Waals surface area contributed by atoms with E-state index in [1.54, 1.807) is 20.8 Å². The van der Waals surface area contributed by atoms with E-state index in [0.717, 1.165) is 0 Å². The van der Waals surface area contributed by atoms with Gasteiger partial charge in [0, 0.05) is 0 Å². The van der Waals surface area contributed by atoms with E-state index in [-0.39, 0.29) is 31.0 Å². The molecule has 0 saturated carbocycles. The summed E-state index contributed by atoms with van der Waals surface area (Å²) in [5.41, 5.74) is -0.403. The molecule has 0 aromatic rings. The average molecular weight is 144 g/mol. The van der Waals surface area contributed by atoms with Crippen LogP contribution in [-0.4, -0.2) is 17.6 Å². The van der Waals surface area contributed by atoms with Gasteiger partial charge in [-0.2, -0.15) is 0 Å². The Morgan fingerprint density at radius 2 is 1.56 bits per heavy atom. The number of rotatable bonds is 0. The Kier molecular flexibility index (Phi) is 15.6. The minimum Gasteiger partial charge on any atom is -1.00 e. The van der Waals surface area contributed by atoms with Crippen LogP contribution in [-0.2, 0) is 9.68 Å². The van der Waals surface area contributed by atoms with E-state index in [1.807, 2.05) is 6.79 Å². The fourth-order valence-corrected chi connectivity index (χ4v) is 0. The van der Waals surface area contributed by atoms with Gasteiger partial charge in [-0.15, -0.1) is 0 Å². The van der Waals surface area contributed by atoms with Gasteiger partial charge in [-0.3, -0.25) is 5.26 Å². The number of hydrogen-bond donors (Lipinski definition) is 1. The molecule has 0 rings (SSSR count). The normalized spacial score (nSPS) is 8.44. The van der Waals surface area contributed by atoms with Crippen molar-refractivity contribution in [3.05, 3.63) is 0 Å². The number of hydrogen-bond acceptors (Lipinski definition) is 3. The first-order valence-corrected chi connectivity index (χ1v) is 2.18. The van der Waals surface area contributed by atoms with Gasteiger partial charge in [0.05, 0.1) is 5.60 Å². The maximum Gasteiger partial charge on any atom is 1.00 e. The molecule has 0 aliphatic carbocycles. The Morgan fingerprint density at radius 3 is 1.56 bits per heavy atom. The second-order valence-electron chi connectivity index (χ2n) is 2.20. The molecule has 0 unspecified atom stereocenters. The largest absolute Gasteiger partial charge is 1.00 e. The van der Waals surface area contributed by atoms with Crippen LogP contribution >= 0.6 is 0 Å². The van der Waals surface area contributed by atoms with Crippen LogP contribution < -0.4 is 29.6 Å². The molecule has 4 heteroatoms. The van der Waals surface area contributed by atoms with Crippen molar-refractivity contribution in [2.75, 3.05) is 0 Å². The standard InChI is InChI=1S/C4H10O2.CH2O.Na.H/c1-4(2,3)6-5;1-2;;/h5H,1-3H3;1H2;;/q;;+1;-1. The summed E-state index contributed by atoms with van der Waals surface area (Å²) in [4.78, 5) is 11.9. The van der Waals surface area contributed by atoms with E-state index in [4.69, 9.17) is 10.1 Å². The SMILES string of the molecule is C=O.CC(C)(C)OO.[H-].[Na+]. The topological polar surface area (TPSA) is 46.5 Å². The van der Waals surface area contributed by atoms with Crippen molar-refractivity contribution < 1.29 is 45.9 Å². The van der Waals surface area contributed by atoms with Gasteiger partial charge in [-0.25, -0.2) is 4.89 Å². The Labute approximate surface area is 79.1 Å². The minimum absolute atomic E-state index is 0. The van der Waals surface area contributed by atoms with Crippen LogP contribution in [0.3, 0.4) is 0 Å². The third kappa shape index (κ3) is 28.9. The van der Waals surface area contributed by atoms with Crippen LogP contribution in [0, 0.1) is 0 Å². The Morgan fingerprint density at radius 1 is 1.44 bits per heavy atom. The maximum absolute atomic E-state index is 8.00. The fraction of sp³-hybridized carbons (Fsp3) is 0.800. The summed E-state index contributed by atoms with van der Waals surface area (Å²) in [6, 6.07) is 0. The van der Waals surface area contributed by atoms with Crippen LogP contribution in [0.25, 0.3) is 0 Å². The zero-order valence-corrected chi connectivity index (χ0v) is 8.47. The molecule has 0 aliphatic heterocycles. The number of carbonyl (C=O) groups excluding carboxylic acids is 1. The molecule has 0 spiro atoms. The van der Waals surface area contributed by atoms with E-state index < -0.39 is 5.60 Å².